The molecular formula is C15H26N2S. The van der Waals surface area contributed by atoms with Crippen molar-refractivity contribution in [1.29, 1.82) is 0 Å². The summed E-state index contributed by atoms with van der Waals surface area (Å²) in [7, 11) is 2.10. The Labute approximate surface area is 115 Å². The van der Waals surface area contributed by atoms with Crippen LogP contribution >= 0.6 is 11.3 Å². The van der Waals surface area contributed by atoms with Crippen molar-refractivity contribution in [1.82, 2.24) is 10.3 Å². The van der Waals surface area contributed by atoms with E-state index in [1.807, 2.05) is 6.20 Å². The fourth-order valence-corrected chi connectivity index (χ4v) is 3.94. The van der Waals surface area contributed by atoms with Crippen LogP contribution in [0.2, 0.25) is 0 Å². The second kappa shape index (κ2) is 6.67. The second-order valence-corrected chi connectivity index (χ2v) is 6.92. The molecule has 2 nitrogen and oxygen atoms in total. The molecule has 1 fully saturated rings. The standard InChI is InChI=1S/C15H26N2S/c1-11(2)12-4-6-13(7-5-12)14(16-3)10-15-17-8-9-18-15/h8-9,11-14,16H,4-7,10H2,1-3H3. The van der Waals surface area contributed by atoms with Crippen LogP contribution in [0.3, 0.4) is 0 Å². The molecule has 1 N–H and O–H groups in total. The Morgan fingerprint density at radius 2 is 1.94 bits per heavy atom. The van der Waals surface area contributed by atoms with E-state index in [1.165, 1.54) is 30.7 Å². The molecule has 2 rings (SSSR count). The molecule has 1 atom stereocenters. The Morgan fingerprint density at radius 3 is 2.44 bits per heavy atom. The molecule has 0 aromatic carbocycles. The predicted octanol–water partition coefficient (Wildman–Crippen LogP) is 3.74. The molecule has 0 radical (unpaired) electrons. The van der Waals surface area contributed by atoms with Crippen LogP contribution in [0.25, 0.3) is 0 Å². The minimum absolute atomic E-state index is 0.615. The smallest absolute Gasteiger partial charge is 0.0940 e. The monoisotopic (exact) mass is 266 g/mol. The van der Waals surface area contributed by atoms with Gasteiger partial charge in [-0.3, -0.25) is 0 Å². The van der Waals surface area contributed by atoms with Gasteiger partial charge in [0, 0.05) is 24.0 Å². The molecule has 1 aromatic rings. The van der Waals surface area contributed by atoms with E-state index in [1.54, 1.807) is 11.3 Å². The van der Waals surface area contributed by atoms with Gasteiger partial charge in [-0.15, -0.1) is 11.3 Å². The Balaban J connectivity index is 1.86. The Kier molecular flexibility index (Phi) is 5.19. The zero-order chi connectivity index (χ0) is 13.0. The van der Waals surface area contributed by atoms with Crippen molar-refractivity contribution in [3.8, 4) is 0 Å². The molecule has 0 aliphatic heterocycles. The van der Waals surface area contributed by atoms with Crippen molar-refractivity contribution in [2.45, 2.75) is 52.0 Å². The van der Waals surface area contributed by atoms with Crippen LogP contribution in [0.4, 0.5) is 0 Å². The van der Waals surface area contributed by atoms with E-state index in [9.17, 15) is 0 Å². The average molecular weight is 266 g/mol. The third-order valence-corrected chi connectivity index (χ3v) is 5.38. The van der Waals surface area contributed by atoms with Crippen LogP contribution in [-0.4, -0.2) is 18.1 Å². The molecule has 3 heteroatoms. The Bertz CT molecular complexity index is 326. The summed E-state index contributed by atoms with van der Waals surface area (Å²) < 4.78 is 0. The molecule has 0 bridgehead atoms. The van der Waals surface area contributed by atoms with E-state index in [-0.39, 0.29) is 0 Å². The molecule has 1 aliphatic rings. The molecule has 1 saturated carbocycles. The molecule has 1 heterocycles. The first-order valence-corrected chi connectivity index (χ1v) is 8.14. The van der Waals surface area contributed by atoms with Crippen LogP contribution in [-0.2, 0) is 6.42 Å². The van der Waals surface area contributed by atoms with Gasteiger partial charge in [-0.05, 0) is 50.5 Å². The van der Waals surface area contributed by atoms with Crippen molar-refractivity contribution in [3.63, 3.8) is 0 Å². The summed E-state index contributed by atoms with van der Waals surface area (Å²) in [5, 5.41) is 6.88. The lowest BCUT2D eigenvalue weighted by Gasteiger charge is -2.35. The van der Waals surface area contributed by atoms with E-state index in [0.717, 1.165) is 24.2 Å². The highest BCUT2D eigenvalue weighted by molar-refractivity contribution is 7.09. The van der Waals surface area contributed by atoms with Crippen molar-refractivity contribution >= 4 is 11.3 Å². The van der Waals surface area contributed by atoms with Gasteiger partial charge in [0.2, 0.25) is 0 Å². The van der Waals surface area contributed by atoms with Crippen LogP contribution in [0.5, 0.6) is 0 Å². The zero-order valence-corrected chi connectivity index (χ0v) is 12.7. The number of nitrogens with one attached hydrogen (secondary N) is 1. The average Bonchev–Trinajstić information content (AvgIpc) is 2.89. The SMILES string of the molecule is CNC(Cc1nccs1)C1CCC(C(C)C)CC1. The topological polar surface area (TPSA) is 24.9 Å². The second-order valence-electron chi connectivity index (χ2n) is 5.94. The number of rotatable bonds is 5. The minimum atomic E-state index is 0.615. The summed E-state index contributed by atoms with van der Waals surface area (Å²) in [5.74, 6) is 2.66. The molecule has 1 aliphatic carbocycles. The van der Waals surface area contributed by atoms with Gasteiger partial charge in [0.05, 0.1) is 5.01 Å². The number of likely N-dealkylation sites (N-methyl/N-ethyl adjacent to an activating group) is 1. The summed E-state index contributed by atoms with van der Waals surface area (Å²) in [6, 6.07) is 0.615. The number of aromatic nitrogens is 1. The van der Waals surface area contributed by atoms with Gasteiger partial charge in [0.15, 0.2) is 0 Å². The van der Waals surface area contributed by atoms with Crippen molar-refractivity contribution in [2.24, 2.45) is 17.8 Å². The lowest BCUT2D eigenvalue weighted by molar-refractivity contribution is 0.191. The number of thiazole rings is 1. The van der Waals surface area contributed by atoms with Crippen LogP contribution in [0.15, 0.2) is 11.6 Å². The van der Waals surface area contributed by atoms with E-state index in [2.05, 4.69) is 36.6 Å². The van der Waals surface area contributed by atoms with Crippen LogP contribution in [0, 0.1) is 17.8 Å². The lowest BCUT2D eigenvalue weighted by atomic mass is 9.74. The zero-order valence-electron chi connectivity index (χ0n) is 11.9. The van der Waals surface area contributed by atoms with Crippen molar-refractivity contribution in [2.75, 3.05) is 7.05 Å². The van der Waals surface area contributed by atoms with Crippen LogP contribution in [0.1, 0.15) is 44.5 Å². The van der Waals surface area contributed by atoms with E-state index < -0.39 is 0 Å². The summed E-state index contributed by atoms with van der Waals surface area (Å²) in [6.45, 7) is 4.74. The van der Waals surface area contributed by atoms with E-state index in [4.69, 9.17) is 0 Å². The highest BCUT2D eigenvalue weighted by atomic mass is 32.1. The maximum Gasteiger partial charge on any atom is 0.0940 e. The van der Waals surface area contributed by atoms with Crippen LogP contribution < -0.4 is 5.32 Å². The molecule has 0 saturated heterocycles. The molecule has 1 aromatic heterocycles. The minimum Gasteiger partial charge on any atom is -0.316 e. The predicted molar refractivity (Wildman–Crippen MR) is 79.0 cm³/mol. The van der Waals surface area contributed by atoms with Gasteiger partial charge >= 0.3 is 0 Å². The van der Waals surface area contributed by atoms with E-state index in [0.29, 0.717) is 6.04 Å². The first-order chi connectivity index (χ1) is 8.70. The van der Waals surface area contributed by atoms with Gasteiger partial charge in [-0.1, -0.05) is 13.8 Å². The normalized spacial score (nSPS) is 26.4. The maximum atomic E-state index is 4.42. The lowest BCUT2D eigenvalue weighted by Crippen LogP contribution is -2.38. The highest BCUT2D eigenvalue weighted by Gasteiger charge is 2.28. The van der Waals surface area contributed by atoms with Crippen molar-refractivity contribution in [3.05, 3.63) is 16.6 Å². The molecule has 0 amide bonds. The summed E-state index contributed by atoms with van der Waals surface area (Å²) >= 11 is 1.78. The van der Waals surface area contributed by atoms with Crippen molar-refractivity contribution < 1.29 is 0 Å². The summed E-state index contributed by atoms with van der Waals surface area (Å²) in [5.41, 5.74) is 0. The first kappa shape index (κ1) is 14.0. The highest BCUT2D eigenvalue weighted by Crippen LogP contribution is 2.35. The number of nitrogens with zero attached hydrogens (tertiary/aromatic N) is 1. The molecule has 0 spiro atoms. The fraction of sp³-hybridized carbons (Fsp3) is 0.800. The quantitative estimate of drug-likeness (QED) is 0.878. The molecular weight excluding hydrogens is 240 g/mol. The Hall–Kier alpha value is -0.410. The van der Waals surface area contributed by atoms with Gasteiger partial charge in [0.25, 0.3) is 0 Å². The Morgan fingerprint density at radius 1 is 1.28 bits per heavy atom. The third kappa shape index (κ3) is 3.55. The first-order valence-electron chi connectivity index (χ1n) is 7.26. The molecule has 102 valence electrons. The number of hydrogen-bond acceptors (Lipinski definition) is 3. The largest absolute Gasteiger partial charge is 0.316 e. The van der Waals surface area contributed by atoms with Gasteiger partial charge in [-0.25, -0.2) is 4.98 Å². The van der Waals surface area contributed by atoms with E-state index >= 15 is 0 Å². The third-order valence-electron chi connectivity index (χ3n) is 4.58. The molecule has 18 heavy (non-hydrogen) atoms. The maximum absolute atomic E-state index is 4.42. The fourth-order valence-electron chi connectivity index (χ4n) is 3.26. The number of hydrogen-bond donors (Lipinski definition) is 1. The summed E-state index contributed by atoms with van der Waals surface area (Å²) in [4.78, 5) is 4.42. The van der Waals surface area contributed by atoms with Gasteiger partial charge in [-0.2, -0.15) is 0 Å². The van der Waals surface area contributed by atoms with Gasteiger partial charge < -0.3 is 5.32 Å². The summed E-state index contributed by atoms with van der Waals surface area (Å²) in [6.07, 6.45) is 8.63. The van der Waals surface area contributed by atoms with Gasteiger partial charge in [0.1, 0.15) is 0 Å². The molecule has 1 unspecified atom stereocenters.